The summed E-state index contributed by atoms with van der Waals surface area (Å²) in [6, 6.07) is 0. The molecule has 2 saturated carbocycles. The van der Waals surface area contributed by atoms with Gasteiger partial charge in [0.1, 0.15) is 0 Å². The lowest BCUT2D eigenvalue weighted by Crippen LogP contribution is -2.28. The number of ether oxygens (including phenoxy) is 1. The van der Waals surface area contributed by atoms with Crippen LogP contribution < -0.4 is 0 Å². The fraction of sp³-hybridized carbons (Fsp3) is 0.833. The first-order valence-electron chi connectivity index (χ1n) is 5.37. The average Bonchev–Trinajstić information content (AvgIpc) is 2.60. The molecule has 0 aliphatic heterocycles. The van der Waals surface area contributed by atoms with Crippen LogP contribution in [0.5, 0.6) is 0 Å². The minimum atomic E-state index is 0.191. The first-order chi connectivity index (χ1) is 6.54. The molecule has 2 aliphatic carbocycles. The molecule has 0 unspecified atom stereocenters. The van der Waals surface area contributed by atoms with Crippen molar-refractivity contribution in [2.75, 3.05) is 13.7 Å². The van der Waals surface area contributed by atoms with E-state index in [1.165, 1.54) is 5.57 Å². The molecule has 0 aromatic carbocycles. The molecule has 2 fully saturated rings. The summed E-state index contributed by atoms with van der Waals surface area (Å²) in [6.07, 6.45) is 1.38. The van der Waals surface area contributed by atoms with Crippen LogP contribution in [0, 0.1) is 23.2 Å². The summed E-state index contributed by atoms with van der Waals surface area (Å²) in [5, 5.41) is 9.29. The van der Waals surface area contributed by atoms with Crippen molar-refractivity contribution in [2.24, 2.45) is 23.2 Å². The molecule has 80 valence electrons. The van der Waals surface area contributed by atoms with Crippen molar-refractivity contribution in [3.05, 3.63) is 12.2 Å². The maximum Gasteiger partial charge on any atom is 0.0676 e. The third-order valence-electron chi connectivity index (χ3n) is 4.48. The maximum absolute atomic E-state index is 9.29. The Balaban J connectivity index is 2.32. The molecule has 2 aliphatic rings. The molecule has 0 saturated heterocycles. The zero-order valence-electron chi connectivity index (χ0n) is 9.29. The molecule has 1 N–H and O–H groups in total. The second-order valence-corrected chi connectivity index (χ2v) is 5.26. The normalized spacial score (nSPS) is 44.7. The van der Waals surface area contributed by atoms with E-state index in [4.69, 9.17) is 4.74 Å². The van der Waals surface area contributed by atoms with Gasteiger partial charge in [0.05, 0.1) is 6.10 Å². The standard InChI is InChI=1S/C12H20O2/c1-7-10-8(6-13)5-9(11(10)14-4)12(7,2)3/h8-11,13H,1,5-6H2,2-4H3/t8-,9-,10+,11+/m1/s1. The largest absolute Gasteiger partial charge is 0.396 e. The Kier molecular flexibility index (Phi) is 2.24. The van der Waals surface area contributed by atoms with E-state index >= 15 is 0 Å². The third kappa shape index (κ3) is 1.04. The topological polar surface area (TPSA) is 29.5 Å². The van der Waals surface area contributed by atoms with Crippen molar-refractivity contribution in [3.8, 4) is 0 Å². The Morgan fingerprint density at radius 1 is 1.57 bits per heavy atom. The first kappa shape index (κ1) is 10.2. The molecule has 0 aromatic rings. The monoisotopic (exact) mass is 196 g/mol. The Bertz CT molecular complexity index is 257. The molecular weight excluding hydrogens is 176 g/mol. The minimum Gasteiger partial charge on any atom is -0.396 e. The fourth-order valence-electron chi connectivity index (χ4n) is 3.48. The molecule has 0 radical (unpaired) electrons. The van der Waals surface area contributed by atoms with Crippen LogP contribution in [0.25, 0.3) is 0 Å². The van der Waals surface area contributed by atoms with Crippen molar-refractivity contribution in [2.45, 2.75) is 26.4 Å². The van der Waals surface area contributed by atoms with Gasteiger partial charge in [-0.1, -0.05) is 26.0 Å². The van der Waals surface area contributed by atoms with Gasteiger partial charge in [0, 0.05) is 19.6 Å². The number of hydrogen-bond donors (Lipinski definition) is 1. The van der Waals surface area contributed by atoms with Crippen LogP contribution in [0.15, 0.2) is 12.2 Å². The predicted molar refractivity (Wildman–Crippen MR) is 55.9 cm³/mol. The quantitative estimate of drug-likeness (QED) is 0.683. The minimum absolute atomic E-state index is 0.191. The Labute approximate surface area is 86.0 Å². The number of aliphatic hydroxyl groups excluding tert-OH is 1. The van der Waals surface area contributed by atoms with Crippen LogP contribution in [0.4, 0.5) is 0 Å². The summed E-state index contributed by atoms with van der Waals surface area (Å²) in [7, 11) is 1.78. The fourth-order valence-corrected chi connectivity index (χ4v) is 3.48. The van der Waals surface area contributed by atoms with Gasteiger partial charge >= 0.3 is 0 Å². The van der Waals surface area contributed by atoms with Gasteiger partial charge in [0.2, 0.25) is 0 Å². The second kappa shape index (κ2) is 3.07. The average molecular weight is 196 g/mol. The van der Waals surface area contributed by atoms with Crippen molar-refractivity contribution >= 4 is 0 Å². The van der Waals surface area contributed by atoms with Gasteiger partial charge in [0.15, 0.2) is 0 Å². The summed E-state index contributed by atoms with van der Waals surface area (Å²) in [4.78, 5) is 0. The Hall–Kier alpha value is -0.340. The zero-order chi connectivity index (χ0) is 10.5. The van der Waals surface area contributed by atoms with Gasteiger partial charge in [-0.05, 0) is 23.7 Å². The van der Waals surface area contributed by atoms with Crippen LogP contribution in [0.2, 0.25) is 0 Å². The molecule has 4 atom stereocenters. The number of hydrogen-bond acceptors (Lipinski definition) is 2. The lowest BCUT2D eigenvalue weighted by Gasteiger charge is -2.34. The van der Waals surface area contributed by atoms with E-state index in [0.717, 1.165) is 6.42 Å². The Morgan fingerprint density at radius 2 is 2.21 bits per heavy atom. The van der Waals surface area contributed by atoms with E-state index < -0.39 is 0 Å². The van der Waals surface area contributed by atoms with Gasteiger partial charge in [-0.25, -0.2) is 0 Å². The molecular formula is C12H20O2. The number of rotatable bonds is 2. The smallest absolute Gasteiger partial charge is 0.0676 e. The van der Waals surface area contributed by atoms with Crippen LogP contribution in [-0.4, -0.2) is 24.9 Å². The molecule has 2 nitrogen and oxygen atoms in total. The van der Waals surface area contributed by atoms with E-state index in [0.29, 0.717) is 17.8 Å². The highest BCUT2D eigenvalue weighted by molar-refractivity contribution is 5.28. The SMILES string of the molecule is C=C1[C@H]2[C@@H](CO)C[C@H]([C@@H]2OC)C1(C)C. The molecule has 0 amide bonds. The molecule has 0 spiro atoms. The number of aliphatic hydroxyl groups is 1. The maximum atomic E-state index is 9.29. The molecule has 0 heterocycles. The molecule has 0 aromatic heterocycles. The molecule has 2 heteroatoms. The summed E-state index contributed by atoms with van der Waals surface area (Å²) in [5.74, 6) is 1.30. The highest BCUT2D eigenvalue weighted by Gasteiger charge is 2.59. The highest BCUT2D eigenvalue weighted by Crippen LogP contribution is 2.61. The van der Waals surface area contributed by atoms with Gasteiger partial charge in [-0.3, -0.25) is 0 Å². The van der Waals surface area contributed by atoms with Gasteiger partial charge in [-0.15, -0.1) is 0 Å². The van der Waals surface area contributed by atoms with Crippen molar-refractivity contribution in [1.82, 2.24) is 0 Å². The van der Waals surface area contributed by atoms with Gasteiger partial charge < -0.3 is 9.84 Å². The van der Waals surface area contributed by atoms with Crippen LogP contribution in [0.1, 0.15) is 20.3 Å². The highest BCUT2D eigenvalue weighted by atomic mass is 16.5. The first-order valence-corrected chi connectivity index (χ1v) is 5.37. The van der Waals surface area contributed by atoms with Crippen LogP contribution in [0.3, 0.4) is 0 Å². The van der Waals surface area contributed by atoms with Gasteiger partial charge in [0.25, 0.3) is 0 Å². The Morgan fingerprint density at radius 3 is 2.64 bits per heavy atom. The lowest BCUT2D eigenvalue weighted by molar-refractivity contribution is 0.0489. The van der Waals surface area contributed by atoms with Crippen molar-refractivity contribution in [3.63, 3.8) is 0 Å². The van der Waals surface area contributed by atoms with E-state index in [1.54, 1.807) is 7.11 Å². The van der Waals surface area contributed by atoms with Crippen molar-refractivity contribution in [1.29, 1.82) is 0 Å². The van der Waals surface area contributed by atoms with E-state index in [9.17, 15) is 5.11 Å². The molecule has 14 heavy (non-hydrogen) atoms. The number of fused-ring (bicyclic) bond motifs is 2. The van der Waals surface area contributed by atoms with E-state index in [-0.39, 0.29) is 18.1 Å². The summed E-state index contributed by atoms with van der Waals surface area (Å²) in [5.41, 5.74) is 1.47. The molecule has 2 rings (SSSR count). The lowest BCUT2D eigenvalue weighted by atomic mass is 9.70. The third-order valence-corrected chi connectivity index (χ3v) is 4.48. The summed E-state index contributed by atoms with van der Waals surface area (Å²) in [6.45, 7) is 8.97. The van der Waals surface area contributed by atoms with Gasteiger partial charge in [-0.2, -0.15) is 0 Å². The van der Waals surface area contributed by atoms with Crippen LogP contribution in [-0.2, 0) is 4.74 Å². The summed E-state index contributed by atoms with van der Waals surface area (Å²) >= 11 is 0. The zero-order valence-corrected chi connectivity index (χ0v) is 9.29. The van der Waals surface area contributed by atoms with E-state index in [1.807, 2.05) is 0 Å². The summed E-state index contributed by atoms with van der Waals surface area (Å²) < 4.78 is 5.56. The van der Waals surface area contributed by atoms with Crippen LogP contribution >= 0.6 is 0 Å². The number of methoxy groups -OCH3 is 1. The van der Waals surface area contributed by atoms with E-state index in [2.05, 4.69) is 20.4 Å². The second-order valence-electron chi connectivity index (χ2n) is 5.26. The predicted octanol–water partition coefficient (Wildman–Crippen LogP) is 1.84. The van der Waals surface area contributed by atoms with Crippen molar-refractivity contribution < 1.29 is 9.84 Å². The molecule has 2 bridgehead atoms.